The van der Waals surface area contributed by atoms with Crippen LogP contribution < -0.4 is 9.64 Å². The Morgan fingerprint density at radius 2 is 2.23 bits per heavy atom. The van der Waals surface area contributed by atoms with Gasteiger partial charge in [0.2, 0.25) is 5.91 Å². The number of hydrogen-bond acceptors (Lipinski definition) is 4. The summed E-state index contributed by atoms with van der Waals surface area (Å²) in [5, 5.41) is 0.0982. The first-order chi connectivity index (χ1) is 10.5. The molecule has 4 nitrogen and oxygen atoms in total. The van der Waals surface area contributed by atoms with E-state index in [-0.39, 0.29) is 16.9 Å². The smallest absolute Gasteiger partial charge is 0.227 e. The molecule has 1 fully saturated rings. The molecule has 1 aromatic rings. The van der Waals surface area contributed by atoms with E-state index in [4.69, 9.17) is 4.74 Å². The molecule has 1 saturated heterocycles. The molecule has 0 radical (unpaired) electrons. The molecule has 118 valence electrons. The predicted molar refractivity (Wildman–Crippen MR) is 90.4 cm³/mol. The Hall–Kier alpha value is -1.75. The third-order valence-corrected chi connectivity index (χ3v) is 4.39. The van der Waals surface area contributed by atoms with E-state index in [2.05, 4.69) is 6.58 Å². The molecule has 1 aliphatic heterocycles. The SMILES string of the molecule is C=C(C)COc1cccc(N2CC(CSC(C)=O)CC2=O)c1. The maximum Gasteiger partial charge on any atom is 0.227 e. The molecule has 22 heavy (non-hydrogen) atoms. The number of thioether (sulfide) groups is 1. The van der Waals surface area contributed by atoms with Crippen LogP contribution in [-0.2, 0) is 9.59 Å². The first kappa shape index (κ1) is 16.6. The highest BCUT2D eigenvalue weighted by Crippen LogP contribution is 2.29. The summed E-state index contributed by atoms with van der Waals surface area (Å²) in [5.41, 5.74) is 1.79. The van der Waals surface area contributed by atoms with E-state index < -0.39 is 0 Å². The largest absolute Gasteiger partial charge is 0.489 e. The Balaban J connectivity index is 2.01. The van der Waals surface area contributed by atoms with Gasteiger partial charge in [-0.25, -0.2) is 0 Å². The van der Waals surface area contributed by atoms with Crippen molar-refractivity contribution in [3.8, 4) is 5.75 Å². The van der Waals surface area contributed by atoms with Gasteiger partial charge in [0.1, 0.15) is 12.4 Å². The fourth-order valence-corrected chi connectivity index (χ4v) is 3.02. The van der Waals surface area contributed by atoms with Gasteiger partial charge in [0.05, 0.1) is 0 Å². The van der Waals surface area contributed by atoms with Gasteiger partial charge in [0.25, 0.3) is 0 Å². The highest BCUT2D eigenvalue weighted by Gasteiger charge is 2.30. The number of nitrogens with zero attached hydrogens (tertiary/aromatic N) is 1. The van der Waals surface area contributed by atoms with Crippen LogP contribution in [0.1, 0.15) is 20.3 Å². The number of carbonyl (C=O) groups excluding carboxylic acids is 2. The zero-order chi connectivity index (χ0) is 16.1. The van der Waals surface area contributed by atoms with Gasteiger partial charge >= 0.3 is 0 Å². The van der Waals surface area contributed by atoms with Gasteiger partial charge in [-0.15, -0.1) is 0 Å². The Labute approximate surface area is 135 Å². The van der Waals surface area contributed by atoms with Crippen molar-refractivity contribution < 1.29 is 14.3 Å². The van der Waals surface area contributed by atoms with Crippen LogP contribution in [0.2, 0.25) is 0 Å². The molecule has 1 heterocycles. The zero-order valence-electron chi connectivity index (χ0n) is 13.0. The number of benzene rings is 1. The molecule has 1 unspecified atom stereocenters. The van der Waals surface area contributed by atoms with E-state index >= 15 is 0 Å². The van der Waals surface area contributed by atoms with Crippen molar-refractivity contribution in [2.75, 3.05) is 23.8 Å². The molecule has 0 bridgehead atoms. The molecule has 1 atom stereocenters. The Bertz CT molecular complexity index is 585. The molecule has 2 rings (SSSR count). The van der Waals surface area contributed by atoms with Gasteiger partial charge in [-0.1, -0.05) is 24.4 Å². The van der Waals surface area contributed by atoms with Gasteiger partial charge in [0, 0.05) is 37.4 Å². The van der Waals surface area contributed by atoms with Crippen molar-refractivity contribution in [2.45, 2.75) is 20.3 Å². The quantitative estimate of drug-likeness (QED) is 0.755. The lowest BCUT2D eigenvalue weighted by Crippen LogP contribution is -2.24. The lowest BCUT2D eigenvalue weighted by atomic mass is 10.1. The maximum atomic E-state index is 12.2. The van der Waals surface area contributed by atoms with E-state index in [1.165, 1.54) is 11.8 Å². The fourth-order valence-electron chi connectivity index (χ4n) is 2.33. The van der Waals surface area contributed by atoms with Crippen molar-refractivity contribution in [3.63, 3.8) is 0 Å². The number of ether oxygens (including phenoxy) is 1. The summed E-state index contributed by atoms with van der Waals surface area (Å²) in [6.07, 6.45) is 0.497. The minimum Gasteiger partial charge on any atom is -0.489 e. The van der Waals surface area contributed by atoms with Crippen LogP contribution in [-0.4, -0.2) is 29.9 Å². The van der Waals surface area contributed by atoms with Crippen molar-refractivity contribution >= 4 is 28.5 Å². The predicted octanol–water partition coefficient (Wildman–Crippen LogP) is 3.27. The molecule has 1 aliphatic rings. The van der Waals surface area contributed by atoms with E-state index in [1.54, 1.807) is 11.8 Å². The number of rotatable bonds is 6. The number of amides is 1. The standard InChI is InChI=1S/C17H21NO3S/c1-12(2)10-21-16-6-4-5-15(8-16)18-9-14(7-17(18)20)11-22-13(3)19/h4-6,8,14H,1,7,9-11H2,2-3H3. The van der Waals surface area contributed by atoms with Crippen LogP contribution in [0.3, 0.4) is 0 Å². The molecular weight excluding hydrogens is 298 g/mol. The van der Waals surface area contributed by atoms with E-state index in [0.29, 0.717) is 25.3 Å². The molecule has 5 heteroatoms. The lowest BCUT2D eigenvalue weighted by Gasteiger charge is -2.18. The van der Waals surface area contributed by atoms with E-state index in [1.807, 2.05) is 31.2 Å². The van der Waals surface area contributed by atoms with Crippen LogP contribution in [0.4, 0.5) is 5.69 Å². The van der Waals surface area contributed by atoms with Crippen molar-refractivity contribution in [1.82, 2.24) is 0 Å². The second-order valence-corrected chi connectivity index (χ2v) is 6.82. The summed E-state index contributed by atoms with van der Waals surface area (Å²) in [5.74, 6) is 1.76. The van der Waals surface area contributed by atoms with Crippen molar-refractivity contribution in [2.24, 2.45) is 5.92 Å². The van der Waals surface area contributed by atoms with Crippen LogP contribution in [0.5, 0.6) is 5.75 Å². The third-order valence-electron chi connectivity index (χ3n) is 3.34. The van der Waals surface area contributed by atoms with E-state index in [0.717, 1.165) is 17.0 Å². The minimum absolute atomic E-state index is 0.0982. The average molecular weight is 319 g/mol. The highest BCUT2D eigenvalue weighted by atomic mass is 32.2. The Morgan fingerprint density at radius 1 is 1.45 bits per heavy atom. The number of hydrogen-bond donors (Lipinski definition) is 0. The van der Waals surface area contributed by atoms with Crippen LogP contribution in [0, 0.1) is 5.92 Å². The molecule has 0 saturated carbocycles. The molecule has 1 aromatic carbocycles. The Morgan fingerprint density at radius 3 is 2.91 bits per heavy atom. The van der Waals surface area contributed by atoms with Crippen LogP contribution in [0.15, 0.2) is 36.4 Å². The van der Waals surface area contributed by atoms with Crippen molar-refractivity contribution in [1.29, 1.82) is 0 Å². The maximum absolute atomic E-state index is 12.2. The summed E-state index contributed by atoms with van der Waals surface area (Å²) in [6, 6.07) is 7.54. The van der Waals surface area contributed by atoms with Gasteiger partial charge < -0.3 is 9.64 Å². The molecular formula is C17H21NO3S. The van der Waals surface area contributed by atoms with Gasteiger partial charge in [-0.2, -0.15) is 0 Å². The first-order valence-corrected chi connectivity index (χ1v) is 8.25. The Kier molecular flexibility index (Phi) is 5.66. The summed E-state index contributed by atoms with van der Waals surface area (Å²) in [6.45, 7) is 8.40. The highest BCUT2D eigenvalue weighted by molar-refractivity contribution is 8.13. The second-order valence-electron chi connectivity index (χ2n) is 5.62. The number of anilines is 1. The molecule has 0 aliphatic carbocycles. The molecule has 0 aromatic heterocycles. The lowest BCUT2D eigenvalue weighted by molar-refractivity contribution is -0.117. The van der Waals surface area contributed by atoms with Gasteiger partial charge in [-0.05, 0) is 30.5 Å². The summed E-state index contributed by atoms with van der Waals surface area (Å²) in [4.78, 5) is 25.0. The topological polar surface area (TPSA) is 46.6 Å². The normalized spacial score (nSPS) is 17.6. The third kappa shape index (κ3) is 4.63. The average Bonchev–Trinajstić information content (AvgIpc) is 2.84. The zero-order valence-corrected chi connectivity index (χ0v) is 13.8. The molecule has 0 spiro atoms. The molecule has 1 amide bonds. The van der Waals surface area contributed by atoms with E-state index in [9.17, 15) is 9.59 Å². The second kappa shape index (κ2) is 7.49. The fraction of sp³-hybridized carbons (Fsp3) is 0.412. The van der Waals surface area contributed by atoms with Gasteiger partial charge in [0.15, 0.2) is 5.12 Å². The monoisotopic (exact) mass is 319 g/mol. The van der Waals surface area contributed by atoms with Gasteiger partial charge in [-0.3, -0.25) is 9.59 Å². The number of carbonyl (C=O) groups is 2. The minimum atomic E-state index is 0.0982. The van der Waals surface area contributed by atoms with Crippen LogP contribution >= 0.6 is 11.8 Å². The first-order valence-electron chi connectivity index (χ1n) is 7.26. The summed E-state index contributed by atoms with van der Waals surface area (Å²) in [7, 11) is 0. The van der Waals surface area contributed by atoms with Crippen molar-refractivity contribution in [3.05, 3.63) is 36.4 Å². The van der Waals surface area contributed by atoms with Crippen LogP contribution in [0.25, 0.3) is 0 Å². The summed E-state index contributed by atoms with van der Waals surface area (Å²) < 4.78 is 5.62. The molecule has 0 N–H and O–H groups in total. The summed E-state index contributed by atoms with van der Waals surface area (Å²) >= 11 is 1.29.